The van der Waals surface area contributed by atoms with Crippen molar-refractivity contribution in [3.8, 4) is 0 Å². The molecule has 0 saturated carbocycles. The number of hydrogen-bond acceptors (Lipinski definition) is 6. The second-order valence-corrected chi connectivity index (χ2v) is 12.9. The van der Waals surface area contributed by atoms with Crippen LogP contribution in [0.15, 0.2) is 148 Å². The second kappa shape index (κ2) is 12.2. The summed E-state index contributed by atoms with van der Waals surface area (Å²) in [7, 11) is 0. The molecule has 8 rings (SSSR count). The zero-order chi connectivity index (χ0) is 33.7. The number of cyclic esters (lactones) is 1. The fraction of sp³-hybridized carbons (Fsp3) is 0.100. The van der Waals surface area contributed by atoms with E-state index in [0.717, 1.165) is 0 Å². The molecule has 1 N–H and O–H groups in total. The van der Waals surface area contributed by atoms with E-state index in [4.69, 9.17) is 37.3 Å². The molecule has 0 radical (unpaired) electrons. The van der Waals surface area contributed by atoms with Crippen LogP contribution in [-0.4, -0.2) is 23.3 Å². The number of hydrogen-bond donors (Lipinski definition) is 1. The van der Waals surface area contributed by atoms with Crippen molar-refractivity contribution in [3.05, 3.63) is 187 Å². The van der Waals surface area contributed by atoms with Gasteiger partial charge in [-0.15, -0.1) is 0 Å². The maximum atomic E-state index is 14.9. The Kier molecular flexibility index (Phi) is 7.66. The number of rotatable bonds is 5. The molecule has 1 spiro atoms. The Labute approximate surface area is 290 Å². The first-order valence-corrected chi connectivity index (χ1v) is 16.4. The molecular weight excluding hydrogens is 659 g/mol. The predicted octanol–water partition coefficient (Wildman–Crippen LogP) is 8.24. The summed E-state index contributed by atoms with van der Waals surface area (Å²) in [6.07, 6.45) is 0. The molecule has 7 nitrogen and oxygen atoms in total. The van der Waals surface area contributed by atoms with Gasteiger partial charge in [0, 0.05) is 32.5 Å². The number of aliphatic imine (C=N–C) groups is 1. The van der Waals surface area contributed by atoms with Gasteiger partial charge in [-0.1, -0.05) is 102 Å². The molecule has 1 amide bonds. The topological polar surface area (TPSA) is 98.0 Å². The minimum Gasteiger partial charge on any atom is -0.422 e. The highest BCUT2D eigenvalue weighted by Crippen LogP contribution is 2.59. The molecule has 1 aliphatic carbocycles. The monoisotopic (exact) mass is 684 g/mol. The van der Waals surface area contributed by atoms with Gasteiger partial charge in [0.1, 0.15) is 5.58 Å². The Morgan fingerprint density at radius 1 is 0.694 bits per heavy atom. The molecule has 0 bridgehead atoms. The van der Waals surface area contributed by atoms with Gasteiger partial charge in [0.25, 0.3) is 5.91 Å². The van der Waals surface area contributed by atoms with Crippen molar-refractivity contribution in [2.24, 2.45) is 4.99 Å². The highest BCUT2D eigenvalue weighted by molar-refractivity contribution is 6.30. The minimum atomic E-state index is -1.80. The van der Waals surface area contributed by atoms with Crippen LogP contribution in [-0.2, 0) is 9.53 Å². The normalized spacial score (nSPS) is 21.2. The first-order valence-electron chi connectivity index (χ1n) is 15.6. The summed E-state index contributed by atoms with van der Waals surface area (Å²) in [5.74, 6) is -2.88. The van der Waals surface area contributed by atoms with E-state index in [9.17, 15) is 14.4 Å². The Morgan fingerprint density at radius 3 is 1.96 bits per heavy atom. The van der Waals surface area contributed by atoms with Gasteiger partial charge in [0.05, 0.1) is 17.5 Å². The Hall–Kier alpha value is -5.50. The lowest BCUT2D eigenvalue weighted by atomic mass is 9.58. The van der Waals surface area contributed by atoms with E-state index in [1.165, 1.54) is 0 Å². The van der Waals surface area contributed by atoms with E-state index in [1.54, 1.807) is 84.9 Å². The predicted molar refractivity (Wildman–Crippen MR) is 188 cm³/mol. The molecule has 4 atom stereocenters. The van der Waals surface area contributed by atoms with E-state index in [1.807, 2.05) is 48.5 Å². The number of esters is 1. The van der Waals surface area contributed by atoms with E-state index >= 15 is 0 Å². The van der Waals surface area contributed by atoms with E-state index in [2.05, 4.69) is 5.32 Å². The molecule has 5 aromatic carbocycles. The molecule has 6 aromatic rings. The van der Waals surface area contributed by atoms with Crippen LogP contribution in [0.3, 0.4) is 0 Å². The molecule has 1 aromatic heterocycles. The van der Waals surface area contributed by atoms with Crippen LogP contribution in [0, 0.1) is 0 Å². The SMILES string of the molecule is O=C(N[C@H]1c2c(c(=O)oc3ccccc23)[C@H](c2ccc(Cl)cc2)[C@@]2(N=C(c3ccccc3)OC2=O)[C@@H]1c1ccc(Cl)cc1)c1ccccc1. The van der Waals surface area contributed by atoms with Gasteiger partial charge in [-0.3, -0.25) is 4.79 Å². The number of carbonyl (C=O) groups is 2. The number of carbonyl (C=O) groups excluding carboxylic acids is 2. The lowest BCUT2D eigenvalue weighted by Gasteiger charge is -2.47. The van der Waals surface area contributed by atoms with Gasteiger partial charge in [-0.25, -0.2) is 14.6 Å². The number of ether oxygens (including phenoxy) is 1. The molecule has 9 heteroatoms. The molecule has 0 saturated heterocycles. The largest absolute Gasteiger partial charge is 0.422 e. The Bertz CT molecular complexity index is 2320. The van der Waals surface area contributed by atoms with Crippen molar-refractivity contribution in [2.75, 3.05) is 0 Å². The molecule has 2 aliphatic rings. The average Bonchev–Trinajstić information content (AvgIpc) is 3.46. The van der Waals surface area contributed by atoms with Crippen molar-refractivity contribution in [1.82, 2.24) is 5.32 Å². The molecule has 1 aliphatic heterocycles. The maximum absolute atomic E-state index is 14.9. The number of nitrogens with zero attached hydrogens (tertiary/aromatic N) is 1. The Morgan fingerprint density at radius 2 is 1.29 bits per heavy atom. The Balaban J connectivity index is 1.51. The van der Waals surface area contributed by atoms with Gasteiger partial charge in [-0.2, -0.15) is 0 Å². The van der Waals surface area contributed by atoms with Crippen LogP contribution < -0.4 is 10.9 Å². The zero-order valence-corrected chi connectivity index (χ0v) is 27.2. The summed E-state index contributed by atoms with van der Waals surface area (Å²) in [6.45, 7) is 0. The highest BCUT2D eigenvalue weighted by Gasteiger charge is 2.65. The van der Waals surface area contributed by atoms with E-state index in [0.29, 0.717) is 48.8 Å². The number of nitrogens with one attached hydrogen (secondary N) is 1. The summed E-state index contributed by atoms with van der Waals surface area (Å²) in [5.41, 5.74) is 0.838. The summed E-state index contributed by atoms with van der Waals surface area (Å²) >= 11 is 12.8. The average molecular weight is 686 g/mol. The van der Waals surface area contributed by atoms with E-state index in [-0.39, 0.29) is 11.5 Å². The molecular formula is C40H26Cl2N2O5. The van der Waals surface area contributed by atoms with Gasteiger partial charge in [0.15, 0.2) is 5.54 Å². The summed E-state index contributed by atoms with van der Waals surface area (Å²) in [6, 6.07) is 38.1. The second-order valence-electron chi connectivity index (χ2n) is 12.0. The van der Waals surface area contributed by atoms with Crippen molar-refractivity contribution >= 4 is 51.9 Å². The standard InChI is InChI=1S/C40H26Cl2N2O5/c41-27-19-15-23(16-20-27)33-32-31(29-13-7-8-14-30(29)48-38(32)46)35(43-36(45)25-9-3-1-4-10-25)34(24-17-21-28(42)22-18-24)40(33)39(47)49-37(44-40)26-11-5-2-6-12-26/h1-22,33-35H,(H,43,45)/t33-,34+,35-,40+/m0/s1. The summed E-state index contributed by atoms with van der Waals surface area (Å²) in [5, 5.41) is 4.81. The number of fused-ring (bicyclic) bond motifs is 3. The third-order valence-corrected chi connectivity index (χ3v) is 9.82. The minimum absolute atomic E-state index is 0.102. The van der Waals surface area contributed by atoms with Crippen molar-refractivity contribution in [3.63, 3.8) is 0 Å². The fourth-order valence-electron chi connectivity index (χ4n) is 7.27. The zero-order valence-electron chi connectivity index (χ0n) is 25.7. The number of amides is 1. The van der Waals surface area contributed by atoms with Crippen LogP contribution in [0.2, 0.25) is 10.0 Å². The van der Waals surface area contributed by atoms with E-state index < -0.39 is 40.9 Å². The van der Waals surface area contributed by atoms with Crippen molar-refractivity contribution in [1.29, 1.82) is 0 Å². The van der Waals surface area contributed by atoms with Crippen LogP contribution in [0.4, 0.5) is 0 Å². The first-order chi connectivity index (χ1) is 23.8. The maximum Gasteiger partial charge on any atom is 0.342 e. The number of para-hydroxylation sites is 1. The van der Waals surface area contributed by atoms with Crippen molar-refractivity contribution in [2.45, 2.75) is 23.4 Å². The lowest BCUT2D eigenvalue weighted by molar-refractivity contribution is -0.141. The van der Waals surface area contributed by atoms with Crippen molar-refractivity contribution < 1.29 is 18.7 Å². The summed E-state index contributed by atoms with van der Waals surface area (Å²) in [4.78, 5) is 48.6. The fourth-order valence-corrected chi connectivity index (χ4v) is 7.52. The number of benzene rings is 5. The molecule has 49 heavy (non-hydrogen) atoms. The molecule has 2 heterocycles. The number of halogens is 2. The third-order valence-electron chi connectivity index (χ3n) is 9.32. The molecule has 0 unspecified atom stereocenters. The van der Waals surface area contributed by atoms with Gasteiger partial charge in [-0.05, 0) is 71.3 Å². The third kappa shape index (κ3) is 5.14. The quantitative estimate of drug-likeness (QED) is 0.146. The molecule has 0 fully saturated rings. The lowest BCUT2D eigenvalue weighted by Crippen LogP contribution is -2.56. The van der Waals surface area contributed by atoms with Crippen LogP contribution in [0.1, 0.15) is 56.1 Å². The van der Waals surface area contributed by atoms with Crippen LogP contribution >= 0.6 is 23.2 Å². The van der Waals surface area contributed by atoms with Gasteiger partial charge in [0.2, 0.25) is 5.90 Å². The van der Waals surface area contributed by atoms with Gasteiger partial charge < -0.3 is 14.5 Å². The molecule has 240 valence electrons. The highest BCUT2D eigenvalue weighted by atomic mass is 35.5. The summed E-state index contributed by atoms with van der Waals surface area (Å²) < 4.78 is 12.1. The van der Waals surface area contributed by atoms with Gasteiger partial charge >= 0.3 is 11.6 Å². The smallest absolute Gasteiger partial charge is 0.342 e. The first kappa shape index (κ1) is 30.8. The van der Waals surface area contributed by atoms with Crippen LogP contribution in [0.5, 0.6) is 0 Å². The van der Waals surface area contributed by atoms with Crippen LogP contribution in [0.25, 0.3) is 11.0 Å².